The summed E-state index contributed by atoms with van der Waals surface area (Å²) in [5.41, 5.74) is 0.206. The second kappa shape index (κ2) is 7.50. The zero-order valence-electron chi connectivity index (χ0n) is 14.0. The Bertz CT molecular complexity index is 939. The highest BCUT2D eigenvalue weighted by Gasteiger charge is 2.18. The largest absolute Gasteiger partial charge is 0.508 e. The Morgan fingerprint density at radius 3 is 2.35 bits per heavy atom. The highest BCUT2D eigenvalue weighted by atomic mass is 32.2. The fraction of sp³-hybridized carbons (Fsp3) is 0.188. The summed E-state index contributed by atoms with van der Waals surface area (Å²) in [5, 5.41) is 23.0. The zero-order valence-corrected chi connectivity index (χ0v) is 14.9. The number of amides is 1. The molecule has 0 aliphatic rings. The van der Waals surface area contributed by atoms with Crippen molar-refractivity contribution in [3.63, 3.8) is 0 Å². The van der Waals surface area contributed by atoms with Crippen LogP contribution in [0.3, 0.4) is 0 Å². The number of rotatable bonds is 6. The molecule has 0 unspecified atom stereocenters. The molecule has 138 valence electrons. The summed E-state index contributed by atoms with van der Waals surface area (Å²) in [6, 6.07) is 8.86. The Balaban J connectivity index is 2.12. The van der Waals surface area contributed by atoms with E-state index in [1.54, 1.807) is 0 Å². The average Bonchev–Trinajstić information content (AvgIpc) is 2.60. The Morgan fingerprint density at radius 2 is 1.81 bits per heavy atom. The fourth-order valence-corrected chi connectivity index (χ4v) is 3.00. The number of carbonyl (C=O) groups is 1. The van der Waals surface area contributed by atoms with Gasteiger partial charge in [-0.3, -0.25) is 14.9 Å². The van der Waals surface area contributed by atoms with Gasteiger partial charge in [-0.2, -0.15) is 0 Å². The van der Waals surface area contributed by atoms with Gasteiger partial charge < -0.3 is 10.4 Å². The third-order valence-corrected chi connectivity index (χ3v) is 5.44. The lowest BCUT2D eigenvalue weighted by molar-refractivity contribution is -0.384. The molecule has 2 aromatic rings. The van der Waals surface area contributed by atoms with E-state index in [4.69, 9.17) is 0 Å². The van der Waals surface area contributed by atoms with Gasteiger partial charge in [0.15, 0.2) is 0 Å². The van der Waals surface area contributed by atoms with E-state index in [0.29, 0.717) is 0 Å². The zero-order chi connectivity index (χ0) is 19.5. The molecule has 1 amide bonds. The molecule has 10 heteroatoms. The van der Waals surface area contributed by atoms with Crippen molar-refractivity contribution < 1.29 is 23.2 Å². The van der Waals surface area contributed by atoms with Crippen LogP contribution in [0.2, 0.25) is 0 Å². The number of nitrogens with zero attached hydrogens (tertiary/aromatic N) is 2. The molecule has 0 atom stereocenters. The quantitative estimate of drug-likeness (QED) is 0.577. The molecule has 2 rings (SSSR count). The summed E-state index contributed by atoms with van der Waals surface area (Å²) in [6.07, 6.45) is 0. The van der Waals surface area contributed by atoms with Gasteiger partial charge in [0.25, 0.3) is 11.6 Å². The van der Waals surface area contributed by atoms with E-state index >= 15 is 0 Å². The van der Waals surface area contributed by atoms with Gasteiger partial charge in [-0.05, 0) is 30.3 Å². The van der Waals surface area contributed by atoms with Crippen LogP contribution in [0, 0.1) is 10.1 Å². The van der Waals surface area contributed by atoms with Crippen LogP contribution in [0.5, 0.6) is 5.75 Å². The van der Waals surface area contributed by atoms with Crippen LogP contribution in [0.25, 0.3) is 0 Å². The number of phenolic OH excluding ortho intramolecular Hbond substituents is 1. The number of hydrogen-bond acceptors (Lipinski definition) is 6. The summed E-state index contributed by atoms with van der Waals surface area (Å²) in [4.78, 5) is 22.4. The molecular weight excluding hydrogens is 362 g/mol. The minimum absolute atomic E-state index is 0.0513. The maximum atomic E-state index is 12.2. The van der Waals surface area contributed by atoms with Crippen molar-refractivity contribution >= 4 is 21.6 Å². The number of carbonyl (C=O) groups excluding carboxylic acids is 1. The third kappa shape index (κ3) is 4.16. The van der Waals surface area contributed by atoms with E-state index in [1.165, 1.54) is 50.5 Å². The van der Waals surface area contributed by atoms with Crippen LogP contribution >= 0.6 is 0 Å². The van der Waals surface area contributed by atoms with Crippen LogP contribution < -0.4 is 5.32 Å². The Hall–Kier alpha value is -2.98. The number of non-ortho nitro benzene ring substituents is 1. The number of nitrogens with one attached hydrogen (secondary N) is 1. The molecule has 0 bridgehead atoms. The van der Waals surface area contributed by atoms with Crippen LogP contribution in [-0.4, -0.2) is 42.8 Å². The molecule has 0 spiro atoms. The van der Waals surface area contributed by atoms with Crippen molar-refractivity contribution in [2.45, 2.75) is 11.4 Å². The molecule has 0 radical (unpaired) electrons. The van der Waals surface area contributed by atoms with E-state index in [0.717, 1.165) is 10.4 Å². The van der Waals surface area contributed by atoms with Crippen LogP contribution in [0.1, 0.15) is 15.9 Å². The predicted molar refractivity (Wildman–Crippen MR) is 93.2 cm³/mol. The van der Waals surface area contributed by atoms with E-state index in [1.807, 2.05) is 0 Å². The summed E-state index contributed by atoms with van der Waals surface area (Å²) in [7, 11) is -0.780. The van der Waals surface area contributed by atoms with Crippen LogP contribution in [0.15, 0.2) is 47.4 Å². The van der Waals surface area contributed by atoms with Gasteiger partial charge in [-0.25, -0.2) is 12.7 Å². The first-order valence-corrected chi connectivity index (χ1v) is 8.84. The van der Waals surface area contributed by atoms with Gasteiger partial charge >= 0.3 is 0 Å². The number of nitro groups is 1. The average molecular weight is 379 g/mol. The van der Waals surface area contributed by atoms with Crippen molar-refractivity contribution in [3.05, 3.63) is 63.7 Å². The lowest BCUT2D eigenvalue weighted by atomic mass is 10.1. The van der Waals surface area contributed by atoms with Crippen molar-refractivity contribution in [2.24, 2.45) is 0 Å². The Labute approximate surface area is 150 Å². The smallest absolute Gasteiger partial charge is 0.270 e. The van der Waals surface area contributed by atoms with E-state index in [9.17, 15) is 28.4 Å². The molecule has 0 aliphatic carbocycles. The lowest BCUT2D eigenvalue weighted by Gasteiger charge is -2.12. The molecule has 2 aromatic carbocycles. The van der Waals surface area contributed by atoms with Gasteiger partial charge in [0.1, 0.15) is 5.75 Å². The highest BCUT2D eigenvalue weighted by Crippen LogP contribution is 2.23. The second-order valence-corrected chi connectivity index (χ2v) is 7.72. The van der Waals surface area contributed by atoms with E-state index in [2.05, 4.69) is 5.32 Å². The fourth-order valence-electron chi connectivity index (χ4n) is 2.09. The van der Waals surface area contributed by atoms with Gasteiger partial charge in [-0.1, -0.05) is 0 Å². The van der Waals surface area contributed by atoms with E-state index < -0.39 is 20.9 Å². The minimum atomic E-state index is -3.59. The van der Waals surface area contributed by atoms with Gasteiger partial charge in [0.2, 0.25) is 10.0 Å². The third-order valence-electron chi connectivity index (χ3n) is 3.61. The maximum Gasteiger partial charge on any atom is 0.270 e. The standard InChI is InChI=1S/C16H17N3O6S/c1-18(2)26(24,25)14-6-3-11(4-7-14)16(21)17-10-12-9-13(19(22)23)5-8-15(12)20/h3-9,20H,10H2,1-2H3,(H,17,21). The van der Waals surface area contributed by atoms with Crippen molar-refractivity contribution in [1.29, 1.82) is 0 Å². The molecular formula is C16H17N3O6S. The summed E-state index contributed by atoms with van der Waals surface area (Å²) >= 11 is 0. The first-order chi connectivity index (χ1) is 12.1. The summed E-state index contributed by atoms with van der Waals surface area (Å²) in [5.74, 6) is -0.687. The molecule has 0 saturated heterocycles. The SMILES string of the molecule is CN(C)S(=O)(=O)c1ccc(C(=O)NCc2cc([N+](=O)[O-])ccc2O)cc1. The van der Waals surface area contributed by atoms with Gasteiger partial charge in [0, 0.05) is 43.9 Å². The molecule has 0 aromatic heterocycles. The molecule has 9 nitrogen and oxygen atoms in total. The number of benzene rings is 2. The number of sulfonamides is 1. The monoisotopic (exact) mass is 379 g/mol. The first-order valence-electron chi connectivity index (χ1n) is 7.40. The summed E-state index contributed by atoms with van der Waals surface area (Å²) in [6.45, 7) is -0.121. The minimum Gasteiger partial charge on any atom is -0.508 e. The van der Waals surface area contributed by atoms with Gasteiger partial charge in [0.05, 0.1) is 9.82 Å². The summed E-state index contributed by atoms with van der Waals surface area (Å²) < 4.78 is 25.0. The second-order valence-electron chi connectivity index (χ2n) is 5.56. The number of phenols is 1. The molecule has 0 saturated carbocycles. The maximum absolute atomic E-state index is 12.2. The van der Waals surface area contributed by atoms with Crippen LogP contribution in [-0.2, 0) is 16.6 Å². The van der Waals surface area contributed by atoms with Gasteiger partial charge in [-0.15, -0.1) is 0 Å². The number of nitro benzene ring substituents is 1. The molecule has 0 aliphatic heterocycles. The Kier molecular flexibility index (Phi) is 5.58. The predicted octanol–water partition coefficient (Wildman–Crippen LogP) is 1.48. The van der Waals surface area contributed by atoms with Crippen molar-refractivity contribution in [3.8, 4) is 5.75 Å². The highest BCUT2D eigenvalue weighted by molar-refractivity contribution is 7.89. The van der Waals surface area contributed by atoms with Crippen molar-refractivity contribution in [1.82, 2.24) is 9.62 Å². The first kappa shape index (κ1) is 19.3. The van der Waals surface area contributed by atoms with Crippen LogP contribution in [0.4, 0.5) is 5.69 Å². The normalized spacial score (nSPS) is 11.3. The van der Waals surface area contributed by atoms with E-state index in [-0.39, 0.29) is 34.0 Å². The Morgan fingerprint density at radius 1 is 1.19 bits per heavy atom. The molecule has 0 heterocycles. The number of aromatic hydroxyl groups is 1. The molecule has 26 heavy (non-hydrogen) atoms. The number of hydrogen-bond donors (Lipinski definition) is 2. The molecule has 2 N–H and O–H groups in total. The van der Waals surface area contributed by atoms with Crippen molar-refractivity contribution in [2.75, 3.05) is 14.1 Å². The molecule has 0 fully saturated rings. The lowest BCUT2D eigenvalue weighted by Crippen LogP contribution is -2.24. The topological polar surface area (TPSA) is 130 Å².